The van der Waals surface area contributed by atoms with Crippen molar-refractivity contribution < 1.29 is 4.79 Å². The molecule has 1 aromatic rings. The molecule has 0 aliphatic carbocycles. The van der Waals surface area contributed by atoms with Gasteiger partial charge in [0, 0.05) is 12.7 Å². The Bertz CT molecular complexity index is 387. The lowest BCUT2D eigenvalue weighted by Crippen LogP contribution is -2.43. The van der Waals surface area contributed by atoms with Crippen LogP contribution in [0.4, 0.5) is 10.5 Å². The highest BCUT2D eigenvalue weighted by Gasteiger charge is 2.00. The number of aromatic nitrogens is 1. The topological polar surface area (TPSA) is 92.4 Å². The lowest BCUT2D eigenvalue weighted by Gasteiger charge is -2.04. The van der Waals surface area contributed by atoms with E-state index in [-0.39, 0.29) is 5.96 Å². The summed E-state index contributed by atoms with van der Waals surface area (Å²) >= 11 is 0. The number of carbonyl (C=O) groups excluding carboxylic acids is 1. The fraction of sp³-hybridized carbons (Fsp3) is 0.100. The molecule has 1 heterocycles. The quantitative estimate of drug-likeness (QED) is 0.393. The molecule has 0 saturated heterocycles. The molecular formula is C10H13N5O. The van der Waals surface area contributed by atoms with Gasteiger partial charge in [-0.1, -0.05) is 6.08 Å². The molecule has 0 aromatic carbocycles. The number of hydrogen-bond acceptors (Lipinski definition) is 3. The summed E-state index contributed by atoms with van der Waals surface area (Å²) in [4.78, 5) is 19.0. The van der Waals surface area contributed by atoms with Crippen molar-refractivity contribution in [1.82, 2.24) is 15.6 Å². The molecule has 0 saturated carbocycles. The van der Waals surface area contributed by atoms with Gasteiger partial charge >= 0.3 is 6.03 Å². The van der Waals surface area contributed by atoms with Crippen molar-refractivity contribution in [3.63, 3.8) is 0 Å². The van der Waals surface area contributed by atoms with E-state index < -0.39 is 6.03 Å². The van der Waals surface area contributed by atoms with E-state index in [1.54, 1.807) is 24.4 Å². The van der Waals surface area contributed by atoms with Gasteiger partial charge in [0.25, 0.3) is 0 Å². The van der Waals surface area contributed by atoms with E-state index in [4.69, 9.17) is 5.73 Å². The predicted molar refractivity (Wildman–Crippen MR) is 62.3 cm³/mol. The third kappa shape index (κ3) is 4.23. The van der Waals surface area contributed by atoms with Crippen LogP contribution >= 0.6 is 0 Å². The summed E-state index contributed by atoms with van der Waals surface area (Å²) in [5, 5.41) is 4.87. The van der Waals surface area contributed by atoms with Crippen molar-refractivity contribution in [1.29, 1.82) is 0 Å². The van der Waals surface area contributed by atoms with Crippen LogP contribution in [0.1, 0.15) is 0 Å². The van der Waals surface area contributed by atoms with Crippen LogP contribution in [0.25, 0.3) is 0 Å². The van der Waals surface area contributed by atoms with Gasteiger partial charge in [0.2, 0.25) is 5.96 Å². The van der Waals surface area contributed by atoms with Gasteiger partial charge in [-0.2, -0.15) is 0 Å². The Labute approximate surface area is 93.3 Å². The van der Waals surface area contributed by atoms with E-state index in [1.165, 1.54) is 6.20 Å². The second-order valence-electron chi connectivity index (χ2n) is 2.83. The first kappa shape index (κ1) is 11.7. The van der Waals surface area contributed by atoms with E-state index >= 15 is 0 Å². The Morgan fingerprint density at radius 1 is 1.69 bits per heavy atom. The molecule has 4 N–H and O–H groups in total. The third-order valence-corrected chi connectivity index (χ3v) is 1.54. The maximum Gasteiger partial charge on any atom is 0.321 e. The summed E-state index contributed by atoms with van der Waals surface area (Å²) in [5.74, 6) is 0.00885. The summed E-state index contributed by atoms with van der Waals surface area (Å²) in [6.07, 6.45) is 4.73. The highest BCUT2D eigenvalue weighted by Crippen LogP contribution is 2.06. The van der Waals surface area contributed by atoms with E-state index in [0.717, 1.165) is 0 Å². The van der Waals surface area contributed by atoms with Crippen molar-refractivity contribution in [2.24, 2.45) is 10.7 Å². The zero-order valence-corrected chi connectivity index (χ0v) is 8.68. The smallest absolute Gasteiger partial charge is 0.321 e. The average molecular weight is 219 g/mol. The van der Waals surface area contributed by atoms with Crippen LogP contribution in [0.3, 0.4) is 0 Å². The summed E-state index contributed by atoms with van der Waals surface area (Å²) in [7, 11) is 0. The van der Waals surface area contributed by atoms with Gasteiger partial charge in [-0.05, 0) is 12.1 Å². The first-order chi connectivity index (χ1) is 7.72. The van der Waals surface area contributed by atoms with Crippen LogP contribution < -0.4 is 16.4 Å². The first-order valence-corrected chi connectivity index (χ1v) is 4.62. The molecule has 0 atom stereocenters. The number of amides is 2. The summed E-state index contributed by atoms with van der Waals surface area (Å²) in [5.41, 5.74) is 6.08. The summed E-state index contributed by atoms with van der Waals surface area (Å²) < 4.78 is 0. The molecule has 1 aromatic heterocycles. The number of aliphatic imine (C=N–C) groups is 1. The van der Waals surface area contributed by atoms with Gasteiger partial charge in [-0.15, -0.1) is 6.58 Å². The first-order valence-electron chi connectivity index (χ1n) is 4.62. The number of urea groups is 1. The fourth-order valence-corrected chi connectivity index (χ4v) is 0.912. The standard InChI is InChI=1S/C10H13N5O/c1-2-5-13-10(16)15-9(11)14-8-4-3-6-12-7-8/h2-4,6-7H,1,5H2,(H4,11,13,14,15,16). The monoisotopic (exact) mass is 219 g/mol. The minimum absolute atomic E-state index is 0.00885. The molecule has 2 amide bonds. The predicted octanol–water partition coefficient (Wildman–Crippen LogP) is 0.513. The SMILES string of the molecule is C=CCNC(=O)NC(N)=Nc1cccnc1. The van der Waals surface area contributed by atoms with Crippen molar-refractivity contribution >= 4 is 17.7 Å². The van der Waals surface area contributed by atoms with Crippen LogP contribution in [0, 0.1) is 0 Å². The molecule has 0 aliphatic heterocycles. The Morgan fingerprint density at radius 3 is 3.12 bits per heavy atom. The molecule has 0 fully saturated rings. The van der Waals surface area contributed by atoms with Gasteiger partial charge in [-0.3, -0.25) is 10.3 Å². The molecule has 16 heavy (non-hydrogen) atoms. The number of hydrogen-bond donors (Lipinski definition) is 3. The molecular weight excluding hydrogens is 206 g/mol. The van der Waals surface area contributed by atoms with Gasteiger partial charge in [0.1, 0.15) is 0 Å². The molecule has 6 nitrogen and oxygen atoms in total. The van der Waals surface area contributed by atoms with Crippen molar-refractivity contribution in [3.8, 4) is 0 Å². The fourth-order valence-electron chi connectivity index (χ4n) is 0.912. The zero-order valence-electron chi connectivity index (χ0n) is 8.68. The summed E-state index contributed by atoms with van der Waals surface area (Å²) in [6.45, 7) is 3.83. The Kier molecular flexibility index (Phi) is 4.52. The van der Waals surface area contributed by atoms with Crippen LogP contribution in [-0.2, 0) is 0 Å². The Balaban J connectivity index is 2.52. The van der Waals surface area contributed by atoms with Crippen LogP contribution in [0.15, 0.2) is 42.2 Å². The van der Waals surface area contributed by atoms with Crippen molar-refractivity contribution in [3.05, 3.63) is 37.2 Å². The van der Waals surface area contributed by atoms with Gasteiger partial charge in [0.15, 0.2) is 0 Å². The number of nitrogens with zero attached hydrogens (tertiary/aromatic N) is 2. The minimum atomic E-state index is -0.426. The second kappa shape index (κ2) is 6.18. The average Bonchev–Trinajstić information content (AvgIpc) is 2.27. The Morgan fingerprint density at radius 2 is 2.50 bits per heavy atom. The van der Waals surface area contributed by atoms with Crippen LogP contribution in [0.5, 0.6) is 0 Å². The molecule has 0 aliphatic rings. The van der Waals surface area contributed by atoms with E-state index in [2.05, 4.69) is 27.2 Å². The molecule has 0 spiro atoms. The molecule has 6 heteroatoms. The third-order valence-electron chi connectivity index (χ3n) is 1.54. The van der Waals surface area contributed by atoms with Gasteiger partial charge < -0.3 is 11.1 Å². The lowest BCUT2D eigenvalue weighted by atomic mass is 10.4. The Hall–Kier alpha value is -2.37. The maximum atomic E-state index is 11.2. The normalized spacial score (nSPS) is 10.6. The van der Waals surface area contributed by atoms with Crippen LogP contribution in [0.2, 0.25) is 0 Å². The molecule has 0 unspecified atom stereocenters. The van der Waals surface area contributed by atoms with E-state index in [0.29, 0.717) is 12.2 Å². The zero-order chi connectivity index (χ0) is 11.8. The molecule has 1 rings (SSSR count). The molecule has 0 bridgehead atoms. The number of nitrogens with one attached hydrogen (secondary N) is 2. The highest BCUT2D eigenvalue weighted by atomic mass is 16.2. The number of carbonyl (C=O) groups is 1. The number of guanidine groups is 1. The largest absolute Gasteiger partial charge is 0.369 e. The molecule has 84 valence electrons. The minimum Gasteiger partial charge on any atom is -0.369 e. The lowest BCUT2D eigenvalue weighted by molar-refractivity contribution is 0.246. The number of nitrogens with two attached hydrogens (primary N) is 1. The highest BCUT2D eigenvalue weighted by molar-refractivity contribution is 5.96. The van der Waals surface area contributed by atoms with E-state index in [9.17, 15) is 4.79 Å². The van der Waals surface area contributed by atoms with Crippen LogP contribution in [-0.4, -0.2) is 23.5 Å². The number of rotatable bonds is 3. The van der Waals surface area contributed by atoms with Gasteiger partial charge in [-0.25, -0.2) is 9.79 Å². The molecule has 0 radical (unpaired) electrons. The van der Waals surface area contributed by atoms with Crippen molar-refractivity contribution in [2.45, 2.75) is 0 Å². The van der Waals surface area contributed by atoms with Gasteiger partial charge in [0.05, 0.1) is 11.9 Å². The summed E-state index contributed by atoms with van der Waals surface area (Å²) in [6, 6.07) is 3.03. The number of pyridine rings is 1. The second-order valence-corrected chi connectivity index (χ2v) is 2.83. The van der Waals surface area contributed by atoms with E-state index in [1.807, 2.05) is 0 Å². The van der Waals surface area contributed by atoms with Crippen molar-refractivity contribution in [2.75, 3.05) is 6.54 Å². The maximum absolute atomic E-state index is 11.2.